The van der Waals surface area contributed by atoms with Gasteiger partial charge in [0.15, 0.2) is 0 Å². The lowest BCUT2D eigenvalue weighted by molar-refractivity contribution is 0.949. The molecule has 2 aromatic heterocycles. The van der Waals surface area contributed by atoms with Gasteiger partial charge in [-0.05, 0) is 30.0 Å². The van der Waals surface area contributed by atoms with E-state index >= 15 is 0 Å². The first-order chi connectivity index (χ1) is 8.88. The Hall–Kier alpha value is -1.58. The molecule has 0 fully saturated rings. The molecule has 1 N–H and O–H groups in total. The Balaban J connectivity index is 1.84. The Bertz CT molecular complexity index is 537. The average molecular weight is 276 g/mol. The summed E-state index contributed by atoms with van der Waals surface area (Å²) < 4.78 is 0. The summed E-state index contributed by atoms with van der Waals surface area (Å²) in [6.45, 7) is 0. The minimum atomic E-state index is 0.586. The smallest absolute Gasteiger partial charge is 0.208 e. The first kappa shape index (κ1) is 12.9. The van der Waals surface area contributed by atoms with Crippen molar-refractivity contribution in [2.24, 2.45) is 0 Å². The molecule has 92 valence electrons. The number of nitrogens with one attached hydrogen (secondary N) is 1. The van der Waals surface area contributed by atoms with E-state index < -0.39 is 0 Å². The SMILES string of the molecule is N#CCCCSc1n[nH]c(C=Cc2cccs2)n1. The molecule has 2 heterocycles. The molecule has 4 nitrogen and oxygen atoms in total. The minimum absolute atomic E-state index is 0.586. The van der Waals surface area contributed by atoms with Crippen LogP contribution in [-0.2, 0) is 0 Å². The number of thiophene rings is 1. The van der Waals surface area contributed by atoms with Crippen LogP contribution in [0.15, 0.2) is 22.7 Å². The maximum absolute atomic E-state index is 8.42. The number of aromatic amines is 1. The second-order valence-corrected chi connectivity index (χ2v) is 5.50. The van der Waals surface area contributed by atoms with Crippen LogP contribution in [-0.4, -0.2) is 20.9 Å². The van der Waals surface area contributed by atoms with Crippen molar-refractivity contribution < 1.29 is 0 Å². The highest BCUT2D eigenvalue weighted by molar-refractivity contribution is 7.99. The first-order valence-corrected chi connectivity index (χ1v) is 7.39. The summed E-state index contributed by atoms with van der Waals surface area (Å²) in [6, 6.07) is 6.19. The van der Waals surface area contributed by atoms with Gasteiger partial charge in [0.2, 0.25) is 5.16 Å². The number of H-pyrrole nitrogens is 1. The number of aromatic nitrogens is 3. The highest BCUT2D eigenvalue weighted by atomic mass is 32.2. The molecule has 6 heteroatoms. The molecule has 18 heavy (non-hydrogen) atoms. The van der Waals surface area contributed by atoms with Crippen molar-refractivity contribution in [3.8, 4) is 6.07 Å². The van der Waals surface area contributed by atoms with Crippen molar-refractivity contribution in [2.75, 3.05) is 5.75 Å². The third-order valence-corrected chi connectivity index (χ3v) is 3.87. The van der Waals surface area contributed by atoms with Crippen molar-refractivity contribution in [2.45, 2.75) is 18.0 Å². The number of thioether (sulfide) groups is 1. The van der Waals surface area contributed by atoms with Crippen molar-refractivity contribution in [3.63, 3.8) is 0 Å². The van der Waals surface area contributed by atoms with E-state index in [0.717, 1.165) is 23.2 Å². The van der Waals surface area contributed by atoms with E-state index in [-0.39, 0.29) is 0 Å². The predicted molar refractivity (Wildman–Crippen MR) is 75.2 cm³/mol. The van der Waals surface area contributed by atoms with Crippen molar-refractivity contribution >= 4 is 35.3 Å². The van der Waals surface area contributed by atoms with Gasteiger partial charge in [0.25, 0.3) is 0 Å². The van der Waals surface area contributed by atoms with Gasteiger partial charge in [-0.25, -0.2) is 4.98 Å². The summed E-state index contributed by atoms with van der Waals surface area (Å²) in [5.41, 5.74) is 0. The van der Waals surface area contributed by atoms with E-state index in [4.69, 9.17) is 5.26 Å². The lowest BCUT2D eigenvalue weighted by atomic mass is 10.4. The number of nitrogens with zero attached hydrogens (tertiary/aromatic N) is 3. The Morgan fingerprint density at radius 2 is 2.44 bits per heavy atom. The van der Waals surface area contributed by atoms with Crippen molar-refractivity contribution in [3.05, 3.63) is 28.2 Å². The largest absolute Gasteiger partial charge is 0.259 e. The lowest BCUT2D eigenvalue weighted by Gasteiger charge is -1.90. The molecule has 0 aliphatic heterocycles. The molecule has 0 saturated carbocycles. The van der Waals surface area contributed by atoms with Gasteiger partial charge in [-0.1, -0.05) is 17.8 Å². The summed E-state index contributed by atoms with van der Waals surface area (Å²) in [5.74, 6) is 1.63. The van der Waals surface area contributed by atoms with Crippen LogP contribution in [0.2, 0.25) is 0 Å². The minimum Gasteiger partial charge on any atom is -0.259 e. The maximum Gasteiger partial charge on any atom is 0.208 e. The lowest BCUT2D eigenvalue weighted by Crippen LogP contribution is -1.81. The van der Waals surface area contributed by atoms with E-state index in [1.807, 2.05) is 23.6 Å². The fourth-order valence-electron chi connectivity index (χ4n) is 1.26. The summed E-state index contributed by atoms with van der Waals surface area (Å²) in [7, 11) is 0. The average Bonchev–Trinajstić information content (AvgIpc) is 3.03. The summed E-state index contributed by atoms with van der Waals surface area (Å²) in [4.78, 5) is 5.53. The Morgan fingerprint density at radius 3 is 3.22 bits per heavy atom. The van der Waals surface area contributed by atoms with Gasteiger partial charge in [0.05, 0.1) is 6.07 Å². The molecule has 0 aromatic carbocycles. The molecule has 2 aromatic rings. The van der Waals surface area contributed by atoms with Crippen molar-refractivity contribution in [1.29, 1.82) is 5.26 Å². The van der Waals surface area contributed by atoms with Crippen LogP contribution in [0, 0.1) is 11.3 Å². The number of hydrogen-bond donors (Lipinski definition) is 1. The number of nitriles is 1. The van der Waals surface area contributed by atoms with E-state index in [0.29, 0.717) is 6.42 Å². The van der Waals surface area contributed by atoms with Crippen molar-refractivity contribution in [1.82, 2.24) is 15.2 Å². The molecule has 0 saturated heterocycles. The standard InChI is InChI=1S/C12H12N4S2/c13-7-1-2-8-18-12-14-11(15-16-12)6-5-10-4-3-9-17-10/h3-6,9H,1-2,8H2,(H,14,15,16). The monoisotopic (exact) mass is 276 g/mol. The molecular weight excluding hydrogens is 264 g/mol. The zero-order chi connectivity index (χ0) is 12.6. The third kappa shape index (κ3) is 4.02. The first-order valence-electron chi connectivity index (χ1n) is 5.52. The van der Waals surface area contributed by atoms with Gasteiger partial charge >= 0.3 is 0 Å². The van der Waals surface area contributed by atoms with Crippen LogP contribution in [0.25, 0.3) is 12.2 Å². The zero-order valence-electron chi connectivity index (χ0n) is 9.67. The Labute approximate surface area is 114 Å². The van der Waals surface area contributed by atoms with Gasteiger partial charge in [-0.15, -0.1) is 16.4 Å². The normalized spacial score (nSPS) is 10.8. The van der Waals surface area contributed by atoms with Crippen LogP contribution in [0.3, 0.4) is 0 Å². The number of unbranched alkanes of at least 4 members (excludes halogenated alkanes) is 1. The quantitative estimate of drug-likeness (QED) is 0.648. The predicted octanol–water partition coefficient (Wildman–Crippen LogP) is 3.43. The van der Waals surface area contributed by atoms with Crippen LogP contribution >= 0.6 is 23.1 Å². The van der Waals surface area contributed by atoms with E-state index in [9.17, 15) is 0 Å². The number of rotatable bonds is 6. The molecule has 0 aliphatic carbocycles. The van der Waals surface area contributed by atoms with Crippen LogP contribution < -0.4 is 0 Å². The zero-order valence-corrected chi connectivity index (χ0v) is 11.3. The van der Waals surface area contributed by atoms with Gasteiger partial charge in [-0.3, -0.25) is 5.10 Å². The van der Waals surface area contributed by atoms with Gasteiger partial charge in [0.1, 0.15) is 5.82 Å². The Morgan fingerprint density at radius 1 is 1.50 bits per heavy atom. The number of hydrogen-bond acceptors (Lipinski definition) is 5. The fourth-order valence-corrected chi connectivity index (χ4v) is 2.62. The summed E-state index contributed by atoms with van der Waals surface area (Å²) in [5, 5.41) is 18.2. The summed E-state index contributed by atoms with van der Waals surface area (Å²) >= 11 is 3.25. The highest BCUT2D eigenvalue weighted by Crippen LogP contribution is 2.16. The van der Waals surface area contributed by atoms with Crippen LogP contribution in [0.4, 0.5) is 0 Å². The molecule has 0 bridgehead atoms. The molecule has 0 radical (unpaired) electrons. The van der Waals surface area contributed by atoms with Crippen LogP contribution in [0.1, 0.15) is 23.5 Å². The summed E-state index contributed by atoms with van der Waals surface area (Å²) in [6.07, 6.45) is 5.38. The second kappa shape index (κ2) is 6.99. The van der Waals surface area contributed by atoms with Gasteiger partial charge in [-0.2, -0.15) is 5.26 Å². The van der Waals surface area contributed by atoms with Gasteiger partial charge in [0, 0.05) is 17.1 Å². The molecule has 2 rings (SSSR count). The molecule has 0 amide bonds. The topological polar surface area (TPSA) is 65.4 Å². The fraction of sp³-hybridized carbons (Fsp3) is 0.250. The molecule has 0 unspecified atom stereocenters. The highest BCUT2D eigenvalue weighted by Gasteiger charge is 2.01. The molecule has 0 aliphatic rings. The Kier molecular flexibility index (Phi) is 5.00. The second-order valence-electron chi connectivity index (χ2n) is 3.46. The van der Waals surface area contributed by atoms with Crippen LogP contribution in [0.5, 0.6) is 0 Å². The van der Waals surface area contributed by atoms with E-state index in [2.05, 4.69) is 27.3 Å². The van der Waals surface area contributed by atoms with E-state index in [1.165, 1.54) is 4.88 Å². The molecule has 0 atom stereocenters. The molecule has 0 spiro atoms. The van der Waals surface area contributed by atoms with E-state index in [1.54, 1.807) is 23.1 Å². The maximum atomic E-state index is 8.42. The molecular formula is C12H12N4S2. The van der Waals surface area contributed by atoms with Gasteiger partial charge < -0.3 is 0 Å². The third-order valence-electron chi connectivity index (χ3n) is 2.09.